The summed E-state index contributed by atoms with van der Waals surface area (Å²) in [7, 11) is 1.65. The lowest BCUT2D eigenvalue weighted by Gasteiger charge is -2.13. The van der Waals surface area contributed by atoms with Crippen molar-refractivity contribution in [2.24, 2.45) is 0 Å². The molecular formula is C16H18ClNO. The summed E-state index contributed by atoms with van der Waals surface area (Å²) in [5, 5.41) is 4.07. The third-order valence-corrected chi connectivity index (χ3v) is 3.60. The van der Waals surface area contributed by atoms with Crippen molar-refractivity contribution in [3.05, 3.63) is 58.1 Å². The molecule has 2 aromatic rings. The molecule has 0 aliphatic rings. The van der Waals surface area contributed by atoms with Gasteiger partial charge in [0.15, 0.2) is 0 Å². The van der Waals surface area contributed by atoms with Gasteiger partial charge in [-0.15, -0.1) is 0 Å². The van der Waals surface area contributed by atoms with Gasteiger partial charge in [0.25, 0.3) is 0 Å². The molecule has 0 saturated heterocycles. The minimum atomic E-state index is 0.701. The average molecular weight is 276 g/mol. The fraction of sp³-hybridized carbons (Fsp3) is 0.250. The molecule has 0 saturated carbocycles. The number of anilines is 1. The van der Waals surface area contributed by atoms with Crippen molar-refractivity contribution >= 4 is 17.3 Å². The van der Waals surface area contributed by atoms with E-state index in [1.807, 2.05) is 18.2 Å². The van der Waals surface area contributed by atoms with E-state index in [9.17, 15) is 0 Å². The van der Waals surface area contributed by atoms with E-state index < -0.39 is 0 Å². The van der Waals surface area contributed by atoms with Crippen LogP contribution in [0.25, 0.3) is 0 Å². The molecule has 0 unspecified atom stereocenters. The molecule has 0 atom stereocenters. The van der Waals surface area contributed by atoms with Gasteiger partial charge in [0.1, 0.15) is 5.75 Å². The fourth-order valence-electron chi connectivity index (χ4n) is 2.08. The Bertz CT molecular complexity index is 561. The van der Waals surface area contributed by atoms with E-state index in [1.165, 1.54) is 16.7 Å². The van der Waals surface area contributed by atoms with E-state index in [0.717, 1.165) is 18.0 Å². The smallest absolute Gasteiger partial charge is 0.121 e. The van der Waals surface area contributed by atoms with Crippen LogP contribution in [-0.2, 0) is 6.54 Å². The molecule has 2 aromatic carbocycles. The SMILES string of the molecule is COc1ccc(Cl)c(NCc2c(C)cccc2C)c1. The molecule has 0 radical (unpaired) electrons. The zero-order valence-electron chi connectivity index (χ0n) is 11.5. The highest BCUT2D eigenvalue weighted by Gasteiger charge is 2.05. The van der Waals surface area contributed by atoms with Gasteiger partial charge in [0.2, 0.25) is 0 Å². The molecule has 0 spiro atoms. The summed E-state index contributed by atoms with van der Waals surface area (Å²) in [6.07, 6.45) is 0. The molecule has 0 aliphatic carbocycles. The third kappa shape index (κ3) is 3.21. The molecule has 2 nitrogen and oxygen atoms in total. The first-order chi connectivity index (χ1) is 9.11. The summed E-state index contributed by atoms with van der Waals surface area (Å²) in [6.45, 7) is 5.00. The highest BCUT2D eigenvalue weighted by molar-refractivity contribution is 6.33. The quantitative estimate of drug-likeness (QED) is 0.882. The second-order valence-corrected chi connectivity index (χ2v) is 4.98. The van der Waals surface area contributed by atoms with Gasteiger partial charge in [-0.2, -0.15) is 0 Å². The predicted molar refractivity (Wildman–Crippen MR) is 81.2 cm³/mol. The Kier molecular flexibility index (Phi) is 4.33. The van der Waals surface area contributed by atoms with E-state index in [1.54, 1.807) is 7.11 Å². The van der Waals surface area contributed by atoms with Crippen molar-refractivity contribution in [3.8, 4) is 5.75 Å². The molecule has 19 heavy (non-hydrogen) atoms. The first-order valence-electron chi connectivity index (χ1n) is 6.24. The fourth-order valence-corrected chi connectivity index (χ4v) is 2.26. The van der Waals surface area contributed by atoms with E-state index in [4.69, 9.17) is 16.3 Å². The third-order valence-electron chi connectivity index (χ3n) is 3.27. The van der Waals surface area contributed by atoms with Crippen LogP contribution >= 0.6 is 11.6 Å². The zero-order chi connectivity index (χ0) is 13.8. The summed E-state index contributed by atoms with van der Waals surface area (Å²) in [6, 6.07) is 11.9. The van der Waals surface area contributed by atoms with Crippen molar-refractivity contribution in [1.82, 2.24) is 0 Å². The first-order valence-corrected chi connectivity index (χ1v) is 6.62. The summed E-state index contributed by atoms with van der Waals surface area (Å²) >= 11 is 6.18. The van der Waals surface area contributed by atoms with Crippen LogP contribution < -0.4 is 10.1 Å². The number of ether oxygens (including phenoxy) is 1. The van der Waals surface area contributed by atoms with E-state index in [-0.39, 0.29) is 0 Å². The van der Waals surface area contributed by atoms with Gasteiger partial charge >= 0.3 is 0 Å². The lowest BCUT2D eigenvalue weighted by Crippen LogP contribution is -2.04. The average Bonchev–Trinajstić information content (AvgIpc) is 2.40. The molecule has 3 heteroatoms. The van der Waals surface area contributed by atoms with Crippen LogP contribution in [0.4, 0.5) is 5.69 Å². The maximum Gasteiger partial charge on any atom is 0.121 e. The van der Waals surface area contributed by atoms with Gasteiger partial charge in [0, 0.05) is 12.6 Å². The first kappa shape index (κ1) is 13.8. The van der Waals surface area contributed by atoms with Crippen LogP contribution in [-0.4, -0.2) is 7.11 Å². The van der Waals surface area contributed by atoms with Gasteiger partial charge in [0.05, 0.1) is 17.8 Å². The topological polar surface area (TPSA) is 21.3 Å². The molecule has 0 bridgehead atoms. The number of halogens is 1. The number of hydrogen-bond donors (Lipinski definition) is 1. The van der Waals surface area contributed by atoms with Crippen LogP contribution in [0.1, 0.15) is 16.7 Å². The van der Waals surface area contributed by atoms with Gasteiger partial charge < -0.3 is 10.1 Å². The van der Waals surface area contributed by atoms with E-state index in [2.05, 4.69) is 37.4 Å². The van der Waals surface area contributed by atoms with Gasteiger partial charge in [-0.05, 0) is 42.7 Å². The van der Waals surface area contributed by atoms with Gasteiger partial charge in [-0.25, -0.2) is 0 Å². The summed E-state index contributed by atoms with van der Waals surface area (Å²) < 4.78 is 5.21. The maximum atomic E-state index is 6.18. The Balaban J connectivity index is 2.19. The highest BCUT2D eigenvalue weighted by Crippen LogP contribution is 2.27. The largest absolute Gasteiger partial charge is 0.497 e. The molecule has 100 valence electrons. The lowest BCUT2D eigenvalue weighted by atomic mass is 10.0. The zero-order valence-corrected chi connectivity index (χ0v) is 12.2. The minimum Gasteiger partial charge on any atom is -0.497 e. The van der Waals surface area contributed by atoms with Crippen molar-refractivity contribution in [2.45, 2.75) is 20.4 Å². The number of hydrogen-bond acceptors (Lipinski definition) is 2. The number of aryl methyl sites for hydroxylation is 2. The monoisotopic (exact) mass is 275 g/mol. The van der Waals surface area contributed by atoms with Crippen LogP contribution in [0, 0.1) is 13.8 Å². The number of nitrogens with one attached hydrogen (secondary N) is 1. The molecule has 0 amide bonds. The van der Waals surface area contributed by atoms with Gasteiger partial charge in [-0.3, -0.25) is 0 Å². The Morgan fingerprint density at radius 1 is 1.11 bits per heavy atom. The second-order valence-electron chi connectivity index (χ2n) is 4.57. The number of rotatable bonds is 4. The second kappa shape index (κ2) is 5.98. The Hall–Kier alpha value is -1.67. The molecule has 0 heterocycles. The van der Waals surface area contributed by atoms with Crippen molar-refractivity contribution in [2.75, 3.05) is 12.4 Å². The van der Waals surface area contributed by atoms with Crippen LogP contribution in [0.3, 0.4) is 0 Å². The summed E-state index contributed by atoms with van der Waals surface area (Å²) in [4.78, 5) is 0. The van der Waals surface area contributed by atoms with E-state index >= 15 is 0 Å². The molecule has 0 aliphatic heterocycles. The highest BCUT2D eigenvalue weighted by atomic mass is 35.5. The standard InChI is InChI=1S/C16H18ClNO/c1-11-5-4-6-12(2)14(11)10-18-16-9-13(19-3)7-8-15(16)17/h4-9,18H,10H2,1-3H3. The molecule has 0 aromatic heterocycles. The normalized spacial score (nSPS) is 10.3. The van der Waals surface area contributed by atoms with E-state index in [0.29, 0.717) is 5.02 Å². The summed E-state index contributed by atoms with van der Waals surface area (Å²) in [5.41, 5.74) is 4.77. The summed E-state index contributed by atoms with van der Waals surface area (Å²) in [5.74, 6) is 0.799. The number of methoxy groups -OCH3 is 1. The van der Waals surface area contributed by atoms with Crippen LogP contribution in [0.2, 0.25) is 5.02 Å². The molecular weight excluding hydrogens is 258 g/mol. The minimum absolute atomic E-state index is 0.701. The number of benzene rings is 2. The Morgan fingerprint density at radius 3 is 2.42 bits per heavy atom. The van der Waals surface area contributed by atoms with Crippen LogP contribution in [0.5, 0.6) is 5.75 Å². The van der Waals surface area contributed by atoms with Crippen molar-refractivity contribution < 1.29 is 4.74 Å². The Labute approximate surface area is 119 Å². The predicted octanol–water partition coefficient (Wildman–Crippen LogP) is 4.58. The van der Waals surface area contributed by atoms with Crippen LogP contribution in [0.15, 0.2) is 36.4 Å². The van der Waals surface area contributed by atoms with Crippen molar-refractivity contribution in [3.63, 3.8) is 0 Å². The molecule has 0 fully saturated rings. The van der Waals surface area contributed by atoms with Gasteiger partial charge in [-0.1, -0.05) is 29.8 Å². The van der Waals surface area contributed by atoms with Crippen molar-refractivity contribution in [1.29, 1.82) is 0 Å². The molecule has 1 N–H and O–H groups in total. The lowest BCUT2D eigenvalue weighted by molar-refractivity contribution is 0.415. The Morgan fingerprint density at radius 2 is 1.79 bits per heavy atom. The molecule has 2 rings (SSSR count). The maximum absolute atomic E-state index is 6.18.